The number of aromatic nitrogens is 2. The molecule has 0 aromatic carbocycles. The van der Waals surface area contributed by atoms with Crippen molar-refractivity contribution in [2.45, 2.75) is 12.8 Å². The van der Waals surface area contributed by atoms with Gasteiger partial charge in [-0.05, 0) is 38.1 Å². The standard InChI is InChI=1S/C16H19N5O2S/c22-14(20-16-18-7-10-24-16)11-21-8-4-12(5-9-21)15(23)19-13-3-1-2-6-17-13/h1-3,6-7,10,12H,4-5,8-9,11H2,(H,17,19,23)(H,18,20,22). The van der Waals surface area contributed by atoms with Crippen molar-refractivity contribution in [3.05, 3.63) is 36.0 Å². The average Bonchev–Trinajstić information content (AvgIpc) is 3.09. The van der Waals surface area contributed by atoms with E-state index in [9.17, 15) is 9.59 Å². The van der Waals surface area contributed by atoms with Crippen molar-refractivity contribution in [3.8, 4) is 0 Å². The lowest BCUT2D eigenvalue weighted by atomic mass is 9.96. The van der Waals surface area contributed by atoms with E-state index < -0.39 is 0 Å². The Morgan fingerprint density at radius 1 is 1.17 bits per heavy atom. The maximum absolute atomic E-state index is 12.3. The van der Waals surface area contributed by atoms with Crippen molar-refractivity contribution in [3.63, 3.8) is 0 Å². The largest absolute Gasteiger partial charge is 0.310 e. The summed E-state index contributed by atoms with van der Waals surface area (Å²) in [7, 11) is 0. The summed E-state index contributed by atoms with van der Waals surface area (Å²) in [5.74, 6) is 0.472. The van der Waals surface area contributed by atoms with E-state index in [1.807, 2.05) is 17.5 Å². The van der Waals surface area contributed by atoms with E-state index in [0.717, 1.165) is 25.9 Å². The van der Waals surface area contributed by atoms with Crippen LogP contribution >= 0.6 is 11.3 Å². The summed E-state index contributed by atoms with van der Waals surface area (Å²) in [5.41, 5.74) is 0. The van der Waals surface area contributed by atoms with Crippen LogP contribution in [0.25, 0.3) is 0 Å². The zero-order chi connectivity index (χ0) is 16.8. The molecule has 1 fully saturated rings. The number of piperidine rings is 1. The SMILES string of the molecule is O=C(CN1CCC(C(=O)Nc2ccccn2)CC1)Nc1nccs1. The number of hydrogen-bond donors (Lipinski definition) is 2. The van der Waals surface area contributed by atoms with Crippen molar-refractivity contribution in [1.29, 1.82) is 0 Å². The van der Waals surface area contributed by atoms with Gasteiger partial charge in [0.25, 0.3) is 0 Å². The van der Waals surface area contributed by atoms with Crippen LogP contribution in [0.15, 0.2) is 36.0 Å². The van der Waals surface area contributed by atoms with Gasteiger partial charge in [-0.15, -0.1) is 11.3 Å². The third-order valence-corrected chi connectivity index (χ3v) is 4.61. The van der Waals surface area contributed by atoms with Crippen LogP contribution in [0, 0.1) is 5.92 Å². The Bertz CT molecular complexity index is 669. The highest BCUT2D eigenvalue weighted by molar-refractivity contribution is 7.13. The van der Waals surface area contributed by atoms with Crippen LogP contribution in [0.3, 0.4) is 0 Å². The zero-order valence-corrected chi connectivity index (χ0v) is 14.0. The molecule has 2 amide bonds. The predicted octanol–water partition coefficient (Wildman–Crippen LogP) is 1.83. The number of anilines is 2. The Morgan fingerprint density at radius 2 is 2.00 bits per heavy atom. The highest BCUT2D eigenvalue weighted by atomic mass is 32.1. The number of amides is 2. The number of pyridine rings is 1. The van der Waals surface area contributed by atoms with Gasteiger partial charge >= 0.3 is 0 Å². The molecule has 126 valence electrons. The van der Waals surface area contributed by atoms with Crippen LogP contribution in [0.1, 0.15) is 12.8 Å². The number of rotatable bonds is 5. The normalized spacial score (nSPS) is 15.8. The molecule has 2 aromatic rings. The number of carbonyl (C=O) groups excluding carboxylic acids is 2. The van der Waals surface area contributed by atoms with E-state index in [2.05, 4.69) is 25.5 Å². The third kappa shape index (κ3) is 4.59. The number of nitrogens with one attached hydrogen (secondary N) is 2. The van der Waals surface area contributed by atoms with E-state index in [0.29, 0.717) is 17.5 Å². The molecule has 1 aliphatic heterocycles. The van der Waals surface area contributed by atoms with Gasteiger partial charge in [-0.25, -0.2) is 9.97 Å². The van der Waals surface area contributed by atoms with Crippen molar-refractivity contribution >= 4 is 34.1 Å². The lowest BCUT2D eigenvalue weighted by Gasteiger charge is -2.30. The first-order chi connectivity index (χ1) is 11.7. The molecule has 3 heterocycles. The van der Waals surface area contributed by atoms with Crippen LogP contribution in [0.5, 0.6) is 0 Å². The molecule has 3 rings (SSSR count). The molecule has 2 N–H and O–H groups in total. The molecule has 0 atom stereocenters. The summed E-state index contributed by atoms with van der Waals surface area (Å²) in [6.07, 6.45) is 4.79. The molecule has 7 nitrogen and oxygen atoms in total. The molecule has 0 spiro atoms. The summed E-state index contributed by atoms with van der Waals surface area (Å²) in [5, 5.41) is 8.05. The molecule has 0 radical (unpaired) electrons. The van der Waals surface area contributed by atoms with Crippen molar-refractivity contribution in [1.82, 2.24) is 14.9 Å². The summed E-state index contributed by atoms with van der Waals surface area (Å²) < 4.78 is 0. The minimum atomic E-state index is -0.0682. The first-order valence-electron chi connectivity index (χ1n) is 7.84. The molecule has 0 bridgehead atoms. The Kier molecular flexibility index (Phi) is 5.50. The van der Waals surface area contributed by atoms with E-state index in [1.165, 1.54) is 11.3 Å². The van der Waals surface area contributed by atoms with Crippen LogP contribution < -0.4 is 10.6 Å². The number of likely N-dealkylation sites (tertiary alicyclic amines) is 1. The third-order valence-electron chi connectivity index (χ3n) is 3.92. The van der Waals surface area contributed by atoms with Gasteiger partial charge in [0, 0.05) is 23.7 Å². The molecular formula is C16H19N5O2S. The second-order valence-corrected chi connectivity index (χ2v) is 6.53. The average molecular weight is 345 g/mol. The Balaban J connectivity index is 1.42. The smallest absolute Gasteiger partial charge is 0.240 e. The fourth-order valence-electron chi connectivity index (χ4n) is 2.67. The highest BCUT2D eigenvalue weighted by Gasteiger charge is 2.26. The van der Waals surface area contributed by atoms with Crippen molar-refractivity contribution in [2.75, 3.05) is 30.3 Å². The van der Waals surface area contributed by atoms with Crippen LogP contribution in [-0.2, 0) is 9.59 Å². The highest BCUT2D eigenvalue weighted by Crippen LogP contribution is 2.19. The minimum Gasteiger partial charge on any atom is -0.310 e. The van der Waals surface area contributed by atoms with Gasteiger partial charge in [-0.3, -0.25) is 14.5 Å². The van der Waals surface area contributed by atoms with Gasteiger partial charge in [-0.2, -0.15) is 0 Å². The second kappa shape index (κ2) is 7.98. The molecule has 1 saturated heterocycles. The number of carbonyl (C=O) groups is 2. The molecule has 2 aromatic heterocycles. The van der Waals surface area contributed by atoms with Gasteiger partial charge in [0.15, 0.2) is 5.13 Å². The molecule has 24 heavy (non-hydrogen) atoms. The van der Waals surface area contributed by atoms with E-state index in [4.69, 9.17) is 0 Å². The monoisotopic (exact) mass is 345 g/mol. The van der Waals surface area contributed by atoms with E-state index in [1.54, 1.807) is 18.5 Å². The number of nitrogens with zero attached hydrogens (tertiary/aromatic N) is 3. The molecule has 0 unspecified atom stereocenters. The quantitative estimate of drug-likeness (QED) is 0.863. The van der Waals surface area contributed by atoms with Crippen LogP contribution in [0.4, 0.5) is 10.9 Å². The van der Waals surface area contributed by atoms with Gasteiger partial charge in [-0.1, -0.05) is 6.07 Å². The molecule has 1 aliphatic rings. The van der Waals surface area contributed by atoms with Crippen LogP contribution in [-0.4, -0.2) is 46.3 Å². The maximum Gasteiger partial charge on any atom is 0.240 e. The lowest BCUT2D eigenvalue weighted by Crippen LogP contribution is -2.41. The number of thiazole rings is 1. The zero-order valence-electron chi connectivity index (χ0n) is 13.1. The van der Waals surface area contributed by atoms with Crippen LogP contribution in [0.2, 0.25) is 0 Å². The molecule has 8 heteroatoms. The summed E-state index contributed by atoms with van der Waals surface area (Å²) in [4.78, 5) is 34.4. The molecular weight excluding hydrogens is 326 g/mol. The van der Waals surface area contributed by atoms with E-state index in [-0.39, 0.29) is 17.7 Å². The van der Waals surface area contributed by atoms with Gasteiger partial charge in [0.05, 0.1) is 6.54 Å². The minimum absolute atomic E-state index is 0.000544. The topological polar surface area (TPSA) is 87.2 Å². The summed E-state index contributed by atoms with van der Waals surface area (Å²) >= 11 is 1.40. The van der Waals surface area contributed by atoms with Gasteiger partial charge in [0.2, 0.25) is 11.8 Å². The fourth-order valence-corrected chi connectivity index (χ4v) is 3.21. The second-order valence-electron chi connectivity index (χ2n) is 5.64. The summed E-state index contributed by atoms with van der Waals surface area (Å²) in [6, 6.07) is 5.42. The Labute approximate surface area is 144 Å². The first-order valence-corrected chi connectivity index (χ1v) is 8.72. The molecule has 0 aliphatic carbocycles. The lowest BCUT2D eigenvalue weighted by molar-refractivity contribution is -0.121. The van der Waals surface area contributed by atoms with Gasteiger partial charge < -0.3 is 10.6 Å². The Hall–Kier alpha value is -2.32. The van der Waals surface area contributed by atoms with Crippen molar-refractivity contribution in [2.24, 2.45) is 5.92 Å². The van der Waals surface area contributed by atoms with Crippen molar-refractivity contribution < 1.29 is 9.59 Å². The first kappa shape index (κ1) is 16.5. The van der Waals surface area contributed by atoms with E-state index >= 15 is 0 Å². The van der Waals surface area contributed by atoms with Gasteiger partial charge in [0.1, 0.15) is 5.82 Å². The molecule has 0 saturated carbocycles. The fraction of sp³-hybridized carbons (Fsp3) is 0.375. The summed E-state index contributed by atoms with van der Waals surface area (Å²) in [6.45, 7) is 1.78. The Morgan fingerprint density at radius 3 is 2.67 bits per heavy atom. The predicted molar refractivity (Wildman–Crippen MR) is 92.8 cm³/mol. The number of hydrogen-bond acceptors (Lipinski definition) is 6. The maximum atomic E-state index is 12.3.